The highest BCUT2D eigenvalue weighted by Crippen LogP contribution is 2.20. The first-order valence-corrected chi connectivity index (χ1v) is 9.45. The monoisotopic (exact) mass is 378 g/mol. The Bertz CT molecular complexity index is 740. The number of aromatic amines is 1. The van der Waals surface area contributed by atoms with Gasteiger partial charge < -0.3 is 24.8 Å². The topological polar surface area (TPSA) is 60.6 Å². The molecule has 1 fully saturated rings. The summed E-state index contributed by atoms with van der Waals surface area (Å²) in [5, 5.41) is 4.77. The summed E-state index contributed by atoms with van der Waals surface area (Å²) in [5.74, 6) is 0. The fourth-order valence-corrected chi connectivity index (χ4v) is 3.35. The number of ether oxygens (including phenoxy) is 1. The predicted octanol–water partition coefficient (Wildman–Crippen LogP) is 3.07. The van der Waals surface area contributed by atoms with Gasteiger partial charge in [-0.1, -0.05) is 11.6 Å². The predicted molar refractivity (Wildman–Crippen MR) is 105 cm³/mol. The molecule has 2 aromatic rings. The Balaban J connectivity index is 1.59. The molecule has 1 aliphatic heterocycles. The Hall–Kier alpha value is -1.76. The van der Waals surface area contributed by atoms with Gasteiger partial charge in [-0.2, -0.15) is 0 Å². The van der Waals surface area contributed by atoms with E-state index in [1.165, 1.54) is 0 Å². The molecule has 2 N–H and O–H groups in total. The Labute approximate surface area is 159 Å². The van der Waals surface area contributed by atoms with Crippen LogP contribution in [0.4, 0.5) is 4.79 Å². The van der Waals surface area contributed by atoms with Crippen molar-refractivity contribution in [1.82, 2.24) is 20.1 Å². The molecule has 142 valence electrons. The summed E-state index contributed by atoms with van der Waals surface area (Å²) in [6, 6.07) is 7.68. The number of carbonyl (C=O) groups excluding carboxylic acids is 1. The third kappa shape index (κ3) is 5.13. The third-order valence-electron chi connectivity index (χ3n) is 4.62. The van der Waals surface area contributed by atoms with Gasteiger partial charge in [-0.25, -0.2) is 4.79 Å². The zero-order valence-corrected chi connectivity index (χ0v) is 16.2. The van der Waals surface area contributed by atoms with E-state index >= 15 is 0 Å². The summed E-state index contributed by atoms with van der Waals surface area (Å²) >= 11 is 6.03. The fourth-order valence-electron chi connectivity index (χ4n) is 3.17. The van der Waals surface area contributed by atoms with Gasteiger partial charge in [-0.3, -0.25) is 0 Å². The minimum atomic E-state index is -0.0564. The van der Waals surface area contributed by atoms with Crippen molar-refractivity contribution in [2.45, 2.75) is 25.5 Å². The number of fused-ring (bicyclic) bond motifs is 1. The molecule has 7 heteroatoms. The van der Waals surface area contributed by atoms with Gasteiger partial charge >= 0.3 is 6.03 Å². The standard InChI is InChI=1S/C19H27ClN4O2/c1-23(2)7-8-24(13-17-4-3-9-26-17)19(25)21-12-16-11-14-10-15(20)5-6-18(14)22-16/h5-6,10-11,17,22H,3-4,7-9,12-13H2,1-2H3,(H,21,25)/t17-/m0/s1. The summed E-state index contributed by atoms with van der Waals surface area (Å²) in [6.45, 7) is 3.40. The molecular weight excluding hydrogens is 352 g/mol. The molecule has 1 aliphatic rings. The maximum absolute atomic E-state index is 12.7. The number of hydrogen-bond donors (Lipinski definition) is 2. The number of hydrogen-bond acceptors (Lipinski definition) is 3. The van der Waals surface area contributed by atoms with Crippen molar-refractivity contribution in [2.75, 3.05) is 40.3 Å². The highest BCUT2D eigenvalue weighted by atomic mass is 35.5. The van der Waals surface area contributed by atoms with Crippen molar-refractivity contribution in [3.8, 4) is 0 Å². The van der Waals surface area contributed by atoms with Crippen LogP contribution in [0.2, 0.25) is 5.02 Å². The van der Waals surface area contributed by atoms with Crippen LogP contribution in [0.3, 0.4) is 0 Å². The number of likely N-dealkylation sites (N-methyl/N-ethyl adjacent to an activating group) is 1. The summed E-state index contributed by atoms with van der Waals surface area (Å²) in [7, 11) is 4.02. The number of halogens is 1. The van der Waals surface area contributed by atoms with Gasteiger partial charge in [-0.05, 0) is 51.2 Å². The molecule has 0 saturated carbocycles. The second-order valence-electron chi connectivity index (χ2n) is 7.07. The van der Waals surface area contributed by atoms with E-state index in [2.05, 4.69) is 15.2 Å². The van der Waals surface area contributed by atoms with Crippen molar-refractivity contribution >= 4 is 28.5 Å². The number of H-pyrrole nitrogens is 1. The number of amides is 2. The van der Waals surface area contributed by atoms with Gasteiger partial charge in [0, 0.05) is 47.9 Å². The van der Waals surface area contributed by atoms with E-state index in [4.69, 9.17) is 16.3 Å². The van der Waals surface area contributed by atoms with Gasteiger partial charge in [-0.15, -0.1) is 0 Å². The zero-order chi connectivity index (χ0) is 18.5. The summed E-state index contributed by atoms with van der Waals surface area (Å²) in [6.07, 6.45) is 2.25. The second-order valence-corrected chi connectivity index (χ2v) is 7.51. The highest BCUT2D eigenvalue weighted by Gasteiger charge is 2.22. The van der Waals surface area contributed by atoms with Gasteiger partial charge in [0.15, 0.2) is 0 Å². The molecule has 1 aromatic heterocycles. The molecule has 0 unspecified atom stereocenters. The third-order valence-corrected chi connectivity index (χ3v) is 4.86. The first-order valence-electron chi connectivity index (χ1n) is 9.07. The molecule has 2 amide bonds. The van der Waals surface area contributed by atoms with Gasteiger partial charge in [0.2, 0.25) is 0 Å². The van der Waals surface area contributed by atoms with Crippen molar-refractivity contribution in [1.29, 1.82) is 0 Å². The maximum Gasteiger partial charge on any atom is 0.317 e. The number of urea groups is 1. The lowest BCUT2D eigenvalue weighted by Crippen LogP contribution is -2.46. The van der Waals surface area contributed by atoms with Crippen molar-refractivity contribution in [3.05, 3.63) is 35.0 Å². The van der Waals surface area contributed by atoms with Crippen molar-refractivity contribution in [2.24, 2.45) is 0 Å². The van der Waals surface area contributed by atoms with Crippen LogP contribution in [0, 0.1) is 0 Å². The van der Waals surface area contributed by atoms with E-state index in [0.29, 0.717) is 24.7 Å². The van der Waals surface area contributed by atoms with Crippen LogP contribution in [0.5, 0.6) is 0 Å². The van der Waals surface area contributed by atoms with E-state index in [0.717, 1.165) is 42.6 Å². The van der Waals surface area contributed by atoms with E-state index in [1.807, 2.05) is 43.3 Å². The molecule has 1 aromatic carbocycles. The molecule has 3 rings (SSSR count). The number of aromatic nitrogens is 1. The second kappa shape index (κ2) is 8.75. The van der Waals surface area contributed by atoms with Crippen molar-refractivity contribution < 1.29 is 9.53 Å². The highest BCUT2D eigenvalue weighted by molar-refractivity contribution is 6.31. The first kappa shape index (κ1) is 19.0. The van der Waals surface area contributed by atoms with Crippen LogP contribution < -0.4 is 5.32 Å². The summed E-state index contributed by atoms with van der Waals surface area (Å²) in [4.78, 5) is 19.9. The van der Waals surface area contributed by atoms with Crippen LogP contribution >= 0.6 is 11.6 Å². The summed E-state index contributed by atoms with van der Waals surface area (Å²) < 4.78 is 5.70. The molecule has 0 radical (unpaired) electrons. The number of carbonyl (C=O) groups is 1. The molecule has 0 aliphatic carbocycles. The number of nitrogens with zero attached hydrogens (tertiary/aromatic N) is 2. The molecular formula is C19H27ClN4O2. The molecule has 1 saturated heterocycles. The average Bonchev–Trinajstić information content (AvgIpc) is 3.24. The van der Waals surface area contributed by atoms with Gasteiger partial charge in [0.1, 0.15) is 0 Å². The molecule has 2 heterocycles. The van der Waals surface area contributed by atoms with E-state index < -0.39 is 0 Å². The minimum absolute atomic E-state index is 0.0564. The van der Waals surface area contributed by atoms with Crippen LogP contribution in [-0.2, 0) is 11.3 Å². The Morgan fingerprint density at radius 2 is 2.19 bits per heavy atom. The number of benzene rings is 1. The van der Waals surface area contributed by atoms with Crippen LogP contribution in [0.1, 0.15) is 18.5 Å². The van der Waals surface area contributed by atoms with Gasteiger partial charge in [0.05, 0.1) is 12.6 Å². The van der Waals surface area contributed by atoms with Crippen LogP contribution in [0.15, 0.2) is 24.3 Å². The van der Waals surface area contributed by atoms with E-state index in [-0.39, 0.29) is 12.1 Å². The van der Waals surface area contributed by atoms with Crippen molar-refractivity contribution in [3.63, 3.8) is 0 Å². The van der Waals surface area contributed by atoms with E-state index in [9.17, 15) is 4.79 Å². The minimum Gasteiger partial charge on any atom is -0.376 e. The summed E-state index contributed by atoms with van der Waals surface area (Å²) in [5.41, 5.74) is 1.97. The average molecular weight is 379 g/mol. The molecule has 26 heavy (non-hydrogen) atoms. The fraction of sp³-hybridized carbons (Fsp3) is 0.526. The zero-order valence-electron chi connectivity index (χ0n) is 15.4. The largest absolute Gasteiger partial charge is 0.376 e. The van der Waals surface area contributed by atoms with Gasteiger partial charge in [0.25, 0.3) is 0 Å². The number of nitrogens with one attached hydrogen (secondary N) is 2. The number of rotatable bonds is 7. The normalized spacial score (nSPS) is 17.2. The molecule has 1 atom stereocenters. The van der Waals surface area contributed by atoms with Crippen LogP contribution in [0.25, 0.3) is 10.9 Å². The quantitative estimate of drug-likeness (QED) is 0.778. The molecule has 0 spiro atoms. The lowest BCUT2D eigenvalue weighted by molar-refractivity contribution is 0.0795. The Morgan fingerprint density at radius 3 is 2.92 bits per heavy atom. The lowest BCUT2D eigenvalue weighted by Gasteiger charge is -2.27. The Morgan fingerprint density at radius 1 is 1.35 bits per heavy atom. The Kier molecular flexibility index (Phi) is 6.40. The first-order chi connectivity index (χ1) is 12.5. The maximum atomic E-state index is 12.7. The SMILES string of the molecule is CN(C)CCN(C[C@@H]1CCCO1)C(=O)NCc1cc2cc(Cl)ccc2[nH]1. The lowest BCUT2D eigenvalue weighted by atomic mass is 10.2. The molecule has 6 nitrogen and oxygen atoms in total. The molecule has 0 bridgehead atoms. The smallest absolute Gasteiger partial charge is 0.317 e. The van der Waals surface area contributed by atoms with Crippen LogP contribution in [-0.4, -0.2) is 67.3 Å². The van der Waals surface area contributed by atoms with E-state index in [1.54, 1.807) is 0 Å².